The van der Waals surface area contributed by atoms with Crippen LogP contribution in [-0.2, 0) is 16.6 Å². The van der Waals surface area contributed by atoms with Crippen LogP contribution < -0.4 is 10.2 Å². The molecule has 1 aromatic carbocycles. The molecule has 0 bridgehead atoms. The minimum atomic E-state index is -2.33. The van der Waals surface area contributed by atoms with Crippen LogP contribution in [0.2, 0.25) is 0 Å². The van der Waals surface area contributed by atoms with E-state index in [0.29, 0.717) is 42.7 Å². The average Bonchev–Trinajstić information content (AvgIpc) is 3.22. The quantitative estimate of drug-likeness (QED) is 0.487. The Morgan fingerprint density at radius 3 is 2.47 bits per heavy atom. The Hall–Kier alpha value is -1.38. The second-order valence-electron chi connectivity index (χ2n) is 7.77. The lowest BCUT2D eigenvalue weighted by Gasteiger charge is -2.35. The number of piperazine rings is 1. The van der Waals surface area contributed by atoms with E-state index in [-0.39, 0.29) is 17.9 Å². The highest BCUT2D eigenvalue weighted by molar-refractivity contribution is 7.41. The number of hydrogen-bond donors (Lipinski definition) is 0. The zero-order valence-electron chi connectivity index (χ0n) is 17.2. The van der Waals surface area contributed by atoms with Crippen LogP contribution in [-0.4, -0.2) is 61.9 Å². The smallest absolute Gasteiger partial charge is 0.227 e. The van der Waals surface area contributed by atoms with Gasteiger partial charge in [-0.2, -0.15) is 4.52 Å². The van der Waals surface area contributed by atoms with Crippen LogP contribution in [0.1, 0.15) is 11.1 Å². The van der Waals surface area contributed by atoms with Gasteiger partial charge in [-0.05, 0) is 23.0 Å². The van der Waals surface area contributed by atoms with Crippen LogP contribution in [0.25, 0.3) is 5.65 Å². The van der Waals surface area contributed by atoms with Crippen molar-refractivity contribution in [1.82, 2.24) is 24.7 Å². The maximum absolute atomic E-state index is 15.2. The molecule has 0 radical (unpaired) electrons. The number of carbonyl (C=O) groups excluding carboxylic acids is 1. The Morgan fingerprint density at radius 1 is 1.06 bits per heavy atom. The number of alkyl halides is 2. The lowest BCUT2D eigenvalue weighted by Crippen LogP contribution is -2.49. The van der Waals surface area contributed by atoms with Crippen molar-refractivity contribution in [3.8, 4) is 0 Å². The molecule has 1 amide bonds. The number of rotatable bonds is 5. The molecule has 2 aromatic heterocycles. The summed E-state index contributed by atoms with van der Waals surface area (Å²) in [6.07, 6.45) is 1.67. The molecular formula is C19H24F2N6OP4. The fraction of sp³-hybridized carbons (Fsp3) is 0.368. The van der Waals surface area contributed by atoms with Crippen LogP contribution in [0.5, 0.6) is 0 Å². The van der Waals surface area contributed by atoms with Crippen LogP contribution in [0.4, 0.5) is 14.6 Å². The van der Waals surface area contributed by atoms with Crippen molar-refractivity contribution in [2.24, 2.45) is 0 Å². The third kappa shape index (κ3) is 4.77. The molecule has 3 heterocycles. The normalized spacial score (nSPS) is 16.9. The Morgan fingerprint density at radius 2 is 1.78 bits per heavy atom. The van der Waals surface area contributed by atoms with Crippen molar-refractivity contribution in [2.45, 2.75) is 17.0 Å². The molecular weight excluding hydrogens is 490 g/mol. The highest BCUT2D eigenvalue weighted by Crippen LogP contribution is 2.53. The number of carbonyl (C=O) groups is 1. The lowest BCUT2D eigenvalue weighted by molar-refractivity contribution is -0.130. The van der Waals surface area contributed by atoms with Crippen LogP contribution in [0.15, 0.2) is 36.7 Å². The monoisotopic (exact) mass is 514 g/mol. The first kappa shape index (κ1) is 23.8. The summed E-state index contributed by atoms with van der Waals surface area (Å²) in [5, 5.41) is 8.23. The van der Waals surface area contributed by atoms with Gasteiger partial charge in [-0.1, -0.05) is 45.9 Å². The highest BCUT2D eigenvalue weighted by atomic mass is 31.1. The molecule has 1 fully saturated rings. The van der Waals surface area contributed by atoms with E-state index in [1.807, 2.05) is 39.9 Å². The summed E-state index contributed by atoms with van der Waals surface area (Å²) in [5.74, 6) is 0.750. The lowest BCUT2D eigenvalue weighted by atomic mass is 10.0. The van der Waals surface area contributed by atoms with Crippen LogP contribution >= 0.6 is 37.0 Å². The van der Waals surface area contributed by atoms with Crippen molar-refractivity contribution in [2.75, 3.05) is 31.1 Å². The summed E-state index contributed by atoms with van der Waals surface area (Å²) in [6, 6.07) is 8.76. The van der Waals surface area contributed by atoms with Gasteiger partial charge in [-0.25, -0.2) is 8.78 Å². The van der Waals surface area contributed by atoms with Gasteiger partial charge in [0.15, 0.2) is 16.2 Å². The van der Waals surface area contributed by atoms with Gasteiger partial charge in [-0.15, -0.1) is 24.5 Å². The first-order chi connectivity index (χ1) is 15.1. The highest BCUT2D eigenvalue weighted by Gasteiger charge is 2.45. The van der Waals surface area contributed by atoms with Gasteiger partial charge in [0, 0.05) is 31.7 Å². The molecule has 0 N–H and O–H groups in total. The summed E-state index contributed by atoms with van der Waals surface area (Å²) in [7, 11) is 8.10. The number of hydrogen-bond acceptors (Lipinski definition) is 5. The Kier molecular flexibility index (Phi) is 6.76. The molecule has 7 nitrogen and oxygen atoms in total. The molecule has 13 heteroatoms. The predicted octanol–water partition coefficient (Wildman–Crippen LogP) is 1.89. The fourth-order valence-corrected chi connectivity index (χ4v) is 4.71. The number of anilines is 1. The predicted molar refractivity (Wildman–Crippen MR) is 135 cm³/mol. The maximum Gasteiger partial charge on any atom is 0.227 e. The fourth-order valence-electron chi connectivity index (χ4n) is 3.59. The molecule has 1 aliphatic heterocycles. The standard InChI is InChI=1S/C19H24F2N6OP4/c20-18(30,19(21,31)32)13-9-12(1-2-14(13)29)10-17(28)26-7-5-25(6-8-26)16-4-3-15-23-22-11-27(15)24-16/h1-4,9,11H,5-8,10,29-32H2. The van der Waals surface area contributed by atoms with Gasteiger partial charge < -0.3 is 9.80 Å². The minimum Gasteiger partial charge on any atom is -0.352 e. The van der Waals surface area contributed by atoms with E-state index in [2.05, 4.69) is 29.4 Å². The number of aromatic nitrogens is 4. The third-order valence-corrected chi connectivity index (χ3v) is 8.29. The topological polar surface area (TPSA) is 66.6 Å². The SMILES string of the molecule is O=C(Cc1ccc(P)c(C(F)(P)C(F)(P)P)c1)N1CCN(c2ccc3nncn3n2)CC1. The number of benzene rings is 1. The largest absolute Gasteiger partial charge is 0.352 e. The van der Waals surface area contributed by atoms with Crippen molar-refractivity contribution in [3.05, 3.63) is 47.8 Å². The molecule has 5 unspecified atom stereocenters. The summed E-state index contributed by atoms with van der Waals surface area (Å²) >= 11 is 0. The number of halogens is 2. The van der Waals surface area contributed by atoms with E-state index >= 15 is 4.39 Å². The Bertz CT molecular complexity index is 1140. The first-order valence-corrected chi connectivity index (χ1v) is 12.2. The van der Waals surface area contributed by atoms with Crippen molar-refractivity contribution in [1.29, 1.82) is 0 Å². The molecule has 5 atom stereocenters. The van der Waals surface area contributed by atoms with Crippen molar-refractivity contribution < 1.29 is 13.6 Å². The molecule has 1 aliphatic rings. The van der Waals surface area contributed by atoms with E-state index in [9.17, 15) is 9.18 Å². The molecule has 170 valence electrons. The number of fused-ring (bicyclic) bond motifs is 1. The van der Waals surface area contributed by atoms with E-state index < -0.39 is 10.6 Å². The van der Waals surface area contributed by atoms with E-state index in [0.717, 1.165) is 5.82 Å². The Balaban J connectivity index is 1.41. The van der Waals surface area contributed by atoms with E-state index in [1.54, 1.807) is 33.9 Å². The van der Waals surface area contributed by atoms with Gasteiger partial charge in [0.25, 0.3) is 0 Å². The minimum absolute atomic E-state index is 0.0502. The van der Waals surface area contributed by atoms with Gasteiger partial charge >= 0.3 is 0 Å². The average molecular weight is 514 g/mol. The zero-order chi connectivity index (χ0) is 23.1. The molecule has 3 aromatic rings. The molecule has 0 aliphatic carbocycles. The van der Waals surface area contributed by atoms with Crippen molar-refractivity contribution >= 4 is 59.6 Å². The molecule has 0 spiro atoms. The molecule has 1 saturated heterocycles. The van der Waals surface area contributed by atoms with Crippen LogP contribution in [0.3, 0.4) is 0 Å². The van der Waals surface area contributed by atoms with Gasteiger partial charge in [-0.3, -0.25) is 4.79 Å². The summed E-state index contributed by atoms with van der Waals surface area (Å²) in [4.78, 5) is 16.8. The van der Waals surface area contributed by atoms with Crippen LogP contribution in [0, 0.1) is 0 Å². The molecule has 0 saturated carbocycles. The number of nitrogens with zero attached hydrogens (tertiary/aromatic N) is 6. The maximum atomic E-state index is 15.2. The first-order valence-electron chi connectivity index (χ1n) is 9.89. The molecule has 4 rings (SSSR count). The van der Waals surface area contributed by atoms with Gasteiger partial charge in [0.1, 0.15) is 12.1 Å². The number of amides is 1. The zero-order valence-corrected chi connectivity index (χ0v) is 21.8. The summed E-state index contributed by atoms with van der Waals surface area (Å²) in [6.45, 7) is 2.39. The summed E-state index contributed by atoms with van der Waals surface area (Å²) < 4.78 is 31.2. The summed E-state index contributed by atoms with van der Waals surface area (Å²) in [5.41, 5.74) is 1.49. The second-order valence-corrected chi connectivity index (χ2v) is 11.5. The van der Waals surface area contributed by atoms with E-state index in [4.69, 9.17) is 0 Å². The van der Waals surface area contributed by atoms with Gasteiger partial charge in [0.2, 0.25) is 5.91 Å². The van der Waals surface area contributed by atoms with E-state index in [1.165, 1.54) is 0 Å². The van der Waals surface area contributed by atoms with Gasteiger partial charge in [0.05, 0.1) is 6.42 Å². The molecule has 32 heavy (non-hydrogen) atoms. The van der Waals surface area contributed by atoms with Crippen molar-refractivity contribution in [3.63, 3.8) is 0 Å². The second kappa shape index (κ2) is 9.11. The Labute approximate surface area is 193 Å². The third-order valence-electron chi connectivity index (χ3n) is 5.53.